The zero-order valence-electron chi connectivity index (χ0n) is 16.2. The molecule has 0 saturated carbocycles. The predicted octanol–water partition coefficient (Wildman–Crippen LogP) is 5.02. The molecule has 1 unspecified atom stereocenters. The molecule has 0 aromatic heterocycles. The molecule has 0 fully saturated rings. The van der Waals surface area contributed by atoms with E-state index in [-0.39, 0.29) is 22.2 Å². The van der Waals surface area contributed by atoms with Crippen LogP contribution in [0.4, 0.5) is 15.8 Å². The van der Waals surface area contributed by atoms with Crippen molar-refractivity contribution in [1.82, 2.24) is 0 Å². The minimum atomic E-state index is -0.912. The SMILES string of the molecule is CC(Oc1ccc(C(=O)c2ccc(F)cc2)cc1)C(=O)Nc1ccc([N+](=O)[O-])cc1Cl. The summed E-state index contributed by atoms with van der Waals surface area (Å²) >= 11 is 5.98. The second-order valence-electron chi connectivity index (χ2n) is 6.53. The number of halogens is 2. The number of nitro benzene ring substituents is 1. The molecule has 0 heterocycles. The van der Waals surface area contributed by atoms with Crippen molar-refractivity contribution in [3.8, 4) is 5.75 Å². The maximum absolute atomic E-state index is 13.0. The van der Waals surface area contributed by atoms with Crippen LogP contribution in [0, 0.1) is 15.9 Å². The third-order valence-corrected chi connectivity index (χ3v) is 4.64. The summed E-state index contributed by atoms with van der Waals surface area (Å²) in [7, 11) is 0. The van der Waals surface area contributed by atoms with Crippen molar-refractivity contribution in [1.29, 1.82) is 0 Å². The van der Waals surface area contributed by atoms with E-state index in [0.29, 0.717) is 16.9 Å². The molecular formula is C22H16ClFN2O5. The molecule has 0 aliphatic heterocycles. The lowest BCUT2D eigenvalue weighted by Crippen LogP contribution is -2.30. The number of amides is 1. The number of anilines is 1. The minimum Gasteiger partial charge on any atom is -0.481 e. The number of ether oxygens (including phenoxy) is 1. The van der Waals surface area contributed by atoms with Gasteiger partial charge in [0.15, 0.2) is 11.9 Å². The second-order valence-corrected chi connectivity index (χ2v) is 6.94. The first-order chi connectivity index (χ1) is 14.7. The molecule has 1 N–H and O–H groups in total. The first-order valence-corrected chi connectivity index (χ1v) is 9.44. The third-order valence-electron chi connectivity index (χ3n) is 4.33. The molecular weight excluding hydrogens is 427 g/mol. The van der Waals surface area contributed by atoms with E-state index in [9.17, 15) is 24.1 Å². The van der Waals surface area contributed by atoms with E-state index in [0.717, 1.165) is 6.07 Å². The van der Waals surface area contributed by atoms with Crippen LogP contribution in [0.5, 0.6) is 5.75 Å². The van der Waals surface area contributed by atoms with E-state index in [4.69, 9.17) is 16.3 Å². The monoisotopic (exact) mass is 442 g/mol. The number of hydrogen-bond donors (Lipinski definition) is 1. The van der Waals surface area contributed by atoms with Crippen molar-refractivity contribution in [3.63, 3.8) is 0 Å². The second kappa shape index (κ2) is 9.36. The van der Waals surface area contributed by atoms with Gasteiger partial charge in [-0.2, -0.15) is 0 Å². The van der Waals surface area contributed by atoms with Gasteiger partial charge in [-0.15, -0.1) is 0 Å². The number of carbonyl (C=O) groups is 2. The summed E-state index contributed by atoms with van der Waals surface area (Å²) in [5.74, 6) is -0.858. The Kier molecular flexibility index (Phi) is 6.61. The van der Waals surface area contributed by atoms with Crippen LogP contribution in [0.3, 0.4) is 0 Å². The molecule has 3 aromatic rings. The first kappa shape index (κ1) is 21.9. The quantitative estimate of drug-likeness (QED) is 0.314. The average molecular weight is 443 g/mol. The Morgan fingerprint density at radius 1 is 1.03 bits per heavy atom. The number of nitrogens with zero attached hydrogens (tertiary/aromatic N) is 1. The molecule has 0 spiro atoms. The van der Waals surface area contributed by atoms with Gasteiger partial charge in [-0.1, -0.05) is 11.6 Å². The summed E-state index contributed by atoms with van der Waals surface area (Å²) < 4.78 is 18.6. The summed E-state index contributed by atoms with van der Waals surface area (Å²) in [5, 5.41) is 13.3. The van der Waals surface area contributed by atoms with Gasteiger partial charge in [-0.25, -0.2) is 4.39 Å². The van der Waals surface area contributed by atoms with Gasteiger partial charge < -0.3 is 10.1 Å². The Balaban J connectivity index is 1.63. The highest BCUT2D eigenvalue weighted by Gasteiger charge is 2.18. The Labute approximate surface area is 181 Å². The number of rotatable bonds is 7. The Morgan fingerprint density at radius 3 is 2.16 bits per heavy atom. The standard InChI is InChI=1S/C22H16ClFN2O5/c1-13(22(28)25-20-11-8-17(26(29)30)12-19(20)23)31-18-9-4-15(5-10-18)21(27)14-2-6-16(24)7-3-14/h2-13H,1H3,(H,25,28). The van der Waals surface area contributed by atoms with Crippen LogP contribution in [0.15, 0.2) is 66.7 Å². The zero-order chi connectivity index (χ0) is 22.5. The summed E-state index contributed by atoms with van der Waals surface area (Å²) in [5.41, 5.74) is 0.757. The molecule has 158 valence electrons. The average Bonchev–Trinajstić information content (AvgIpc) is 2.75. The largest absolute Gasteiger partial charge is 0.481 e. The molecule has 0 bridgehead atoms. The molecule has 31 heavy (non-hydrogen) atoms. The molecule has 0 radical (unpaired) electrons. The van der Waals surface area contributed by atoms with E-state index in [2.05, 4.69) is 5.32 Å². The number of nitrogens with one attached hydrogen (secondary N) is 1. The number of ketones is 1. The van der Waals surface area contributed by atoms with Gasteiger partial charge in [0.05, 0.1) is 15.6 Å². The summed E-state index contributed by atoms with van der Waals surface area (Å²) in [6, 6.07) is 15.1. The Hall–Kier alpha value is -3.78. The van der Waals surface area contributed by atoms with Gasteiger partial charge in [0.2, 0.25) is 0 Å². The molecule has 9 heteroatoms. The topological polar surface area (TPSA) is 98.5 Å². The van der Waals surface area contributed by atoms with Crippen LogP contribution in [0.25, 0.3) is 0 Å². The third kappa shape index (κ3) is 5.43. The Bertz CT molecular complexity index is 1130. The summed E-state index contributed by atoms with van der Waals surface area (Å²) in [6.45, 7) is 1.52. The fourth-order valence-corrected chi connectivity index (χ4v) is 2.89. The van der Waals surface area contributed by atoms with Crippen molar-refractivity contribution in [3.05, 3.63) is 98.8 Å². The van der Waals surface area contributed by atoms with E-state index in [1.807, 2.05) is 0 Å². The highest BCUT2D eigenvalue weighted by molar-refractivity contribution is 6.34. The molecule has 0 aliphatic rings. The molecule has 0 aliphatic carbocycles. The molecule has 3 aromatic carbocycles. The molecule has 0 saturated heterocycles. The lowest BCUT2D eigenvalue weighted by atomic mass is 10.0. The van der Waals surface area contributed by atoms with Crippen molar-refractivity contribution >= 4 is 34.7 Å². The van der Waals surface area contributed by atoms with E-state index >= 15 is 0 Å². The normalized spacial score (nSPS) is 11.5. The highest BCUT2D eigenvalue weighted by atomic mass is 35.5. The maximum atomic E-state index is 13.0. The van der Waals surface area contributed by atoms with Crippen LogP contribution in [0.1, 0.15) is 22.8 Å². The first-order valence-electron chi connectivity index (χ1n) is 9.06. The number of carbonyl (C=O) groups excluding carboxylic acids is 2. The fraction of sp³-hybridized carbons (Fsp3) is 0.0909. The van der Waals surface area contributed by atoms with E-state index < -0.39 is 22.8 Å². The lowest BCUT2D eigenvalue weighted by Gasteiger charge is -2.15. The maximum Gasteiger partial charge on any atom is 0.271 e. The summed E-state index contributed by atoms with van der Waals surface area (Å²) in [6.07, 6.45) is -0.912. The van der Waals surface area contributed by atoms with Gasteiger partial charge in [0.1, 0.15) is 11.6 Å². The van der Waals surface area contributed by atoms with Gasteiger partial charge in [-0.05, 0) is 61.5 Å². The predicted molar refractivity (Wildman–Crippen MR) is 113 cm³/mol. The van der Waals surface area contributed by atoms with Crippen molar-refractivity contribution in [2.75, 3.05) is 5.32 Å². The zero-order valence-corrected chi connectivity index (χ0v) is 16.9. The van der Waals surface area contributed by atoms with Gasteiger partial charge >= 0.3 is 0 Å². The van der Waals surface area contributed by atoms with Crippen LogP contribution < -0.4 is 10.1 Å². The van der Waals surface area contributed by atoms with Crippen molar-refractivity contribution < 1.29 is 23.6 Å². The number of nitro groups is 1. The molecule has 7 nitrogen and oxygen atoms in total. The van der Waals surface area contributed by atoms with Crippen molar-refractivity contribution in [2.24, 2.45) is 0 Å². The van der Waals surface area contributed by atoms with Gasteiger partial charge in [0.25, 0.3) is 11.6 Å². The molecule has 1 amide bonds. The summed E-state index contributed by atoms with van der Waals surface area (Å²) in [4.78, 5) is 35.0. The van der Waals surface area contributed by atoms with E-state index in [1.165, 1.54) is 43.3 Å². The number of non-ortho nitro benzene ring substituents is 1. The molecule has 3 rings (SSSR count). The lowest BCUT2D eigenvalue weighted by molar-refractivity contribution is -0.384. The van der Waals surface area contributed by atoms with E-state index in [1.54, 1.807) is 24.3 Å². The smallest absolute Gasteiger partial charge is 0.271 e. The van der Waals surface area contributed by atoms with Gasteiger partial charge in [-0.3, -0.25) is 19.7 Å². The van der Waals surface area contributed by atoms with Crippen LogP contribution in [-0.4, -0.2) is 22.7 Å². The molecule has 1 atom stereocenters. The van der Waals surface area contributed by atoms with Crippen molar-refractivity contribution in [2.45, 2.75) is 13.0 Å². The Morgan fingerprint density at radius 2 is 1.61 bits per heavy atom. The van der Waals surface area contributed by atoms with Crippen LogP contribution in [0.2, 0.25) is 5.02 Å². The minimum absolute atomic E-state index is 0.0263. The van der Waals surface area contributed by atoms with Crippen LogP contribution in [-0.2, 0) is 4.79 Å². The number of hydrogen-bond acceptors (Lipinski definition) is 5. The highest BCUT2D eigenvalue weighted by Crippen LogP contribution is 2.27. The van der Waals surface area contributed by atoms with Gasteiger partial charge in [0, 0.05) is 23.3 Å². The van der Waals surface area contributed by atoms with Crippen LogP contribution >= 0.6 is 11.6 Å². The number of benzene rings is 3. The fourth-order valence-electron chi connectivity index (χ4n) is 2.66.